The standard InChI is InChI=1S/C15H18N2O/c1-17-8-4-5-11(10-17)13-9-16-15-12(13)6-3-7-14(15)18-2/h3,5-7,9,16H,4,8,10H2,1-2H3. The molecule has 0 atom stereocenters. The largest absolute Gasteiger partial charge is 0.495 e. The molecule has 0 aliphatic carbocycles. The van der Waals surface area contributed by atoms with Crippen LogP contribution in [0.3, 0.4) is 0 Å². The van der Waals surface area contributed by atoms with E-state index in [1.807, 2.05) is 12.1 Å². The Bertz CT molecular complexity index is 598. The number of methoxy groups -OCH3 is 1. The molecular formula is C15H18N2O. The van der Waals surface area contributed by atoms with E-state index < -0.39 is 0 Å². The number of ether oxygens (including phenoxy) is 1. The summed E-state index contributed by atoms with van der Waals surface area (Å²) >= 11 is 0. The fraction of sp³-hybridized carbons (Fsp3) is 0.333. The SMILES string of the molecule is COc1cccc2c(C3=CCCN(C)C3)c[nH]c12. The summed E-state index contributed by atoms with van der Waals surface area (Å²) in [5.74, 6) is 0.906. The molecule has 0 bridgehead atoms. The van der Waals surface area contributed by atoms with Crippen molar-refractivity contribution in [3.8, 4) is 5.75 Å². The second-order valence-corrected chi connectivity index (χ2v) is 4.84. The number of H-pyrrole nitrogens is 1. The zero-order valence-corrected chi connectivity index (χ0v) is 10.9. The molecule has 0 fully saturated rings. The summed E-state index contributed by atoms with van der Waals surface area (Å²) < 4.78 is 5.39. The van der Waals surface area contributed by atoms with Crippen molar-refractivity contribution < 1.29 is 4.74 Å². The van der Waals surface area contributed by atoms with Crippen LogP contribution in [0.4, 0.5) is 0 Å². The van der Waals surface area contributed by atoms with Crippen molar-refractivity contribution in [2.75, 3.05) is 27.2 Å². The molecule has 0 radical (unpaired) electrons. The van der Waals surface area contributed by atoms with Crippen LogP contribution in [0.15, 0.2) is 30.5 Å². The molecule has 0 spiro atoms. The lowest BCUT2D eigenvalue weighted by Gasteiger charge is -2.22. The molecule has 0 amide bonds. The maximum atomic E-state index is 5.39. The summed E-state index contributed by atoms with van der Waals surface area (Å²) in [6.07, 6.45) is 5.57. The number of para-hydroxylation sites is 1. The Morgan fingerprint density at radius 1 is 1.33 bits per heavy atom. The highest BCUT2D eigenvalue weighted by Gasteiger charge is 2.15. The number of hydrogen-bond acceptors (Lipinski definition) is 2. The van der Waals surface area contributed by atoms with Gasteiger partial charge in [-0.15, -0.1) is 0 Å². The molecular weight excluding hydrogens is 224 g/mol. The summed E-state index contributed by atoms with van der Waals surface area (Å²) in [4.78, 5) is 5.69. The van der Waals surface area contributed by atoms with E-state index in [0.717, 1.165) is 30.8 Å². The Morgan fingerprint density at radius 2 is 2.22 bits per heavy atom. The van der Waals surface area contributed by atoms with Gasteiger partial charge >= 0.3 is 0 Å². The first-order valence-electron chi connectivity index (χ1n) is 6.31. The van der Waals surface area contributed by atoms with Crippen molar-refractivity contribution in [3.63, 3.8) is 0 Å². The highest BCUT2D eigenvalue weighted by molar-refractivity contribution is 5.96. The molecule has 1 N–H and O–H groups in total. The van der Waals surface area contributed by atoms with Crippen LogP contribution in [0.5, 0.6) is 5.75 Å². The fourth-order valence-corrected chi connectivity index (χ4v) is 2.65. The molecule has 0 unspecified atom stereocenters. The van der Waals surface area contributed by atoms with Gasteiger partial charge in [-0.2, -0.15) is 0 Å². The number of nitrogens with zero attached hydrogens (tertiary/aromatic N) is 1. The van der Waals surface area contributed by atoms with Crippen LogP contribution in [-0.2, 0) is 0 Å². The van der Waals surface area contributed by atoms with Crippen LogP contribution in [-0.4, -0.2) is 37.1 Å². The molecule has 0 saturated heterocycles. The van der Waals surface area contributed by atoms with Crippen LogP contribution in [0.1, 0.15) is 12.0 Å². The van der Waals surface area contributed by atoms with E-state index in [1.54, 1.807) is 7.11 Å². The Kier molecular flexibility index (Phi) is 2.84. The summed E-state index contributed by atoms with van der Waals surface area (Å²) in [6, 6.07) is 6.19. The predicted molar refractivity (Wildman–Crippen MR) is 74.9 cm³/mol. The lowest BCUT2D eigenvalue weighted by Crippen LogP contribution is -2.24. The molecule has 18 heavy (non-hydrogen) atoms. The van der Waals surface area contributed by atoms with Crippen LogP contribution in [0, 0.1) is 0 Å². The molecule has 94 valence electrons. The number of likely N-dealkylation sites (N-methyl/N-ethyl adjacent to an activating group) is 1. The summed E-state index contributed by atoms with van der Waals surface area (Å²) in [7, 11) is 3.88. The predicted octanol–water partition coefficient (Wildman–Crippen LogP) is 2.90. The summed E-state index contributed by atoms with van der Waals surface area (Å²) in [5.41, 5.74) is 3.79. The maximum Gasteiger partial charge on any atom is 0.142 e. The Labute approximate surface area is 107 Å². The molecule has 3 nitrogen and oxygen atoms in total. The van der Waals surface area contributed by atoms with Gasteiger partial charge in [-0.3, -0.25) is 0 Å². The number of nitrogens with one attached hydrogen (secondary N) is 1. The van der Waals surface area contributed by atoms with Gasteiger partial charge in [0.15, 0.2) is 0 Å². The van der Waals surface area contributed by atoms with Crippen molar-refractivity contribution in [2.24, 2.45) is 0 Å². The van der Waals surface area contributed by atoms with Crippen LogP contribution in [0.25, 0.3) is 16.5 Å². The smallest absolute Gasteiger partial charge is 0.142 e. The van der Waals surface area contributed by atoms with Crippen molar-refractivity contribution in [3.05, 3.63) is 36.0 Å². The van der Waals surface area contributed by atoms with Gasteiger partial charge in [0.05, 0.1) is 12.6 Å². The van der Waals surface area contributed by atoms with E-state index in [2.05, 4.69) is 35.3 Å². The number of aromatic amines is 1. The van der Waals surface area contributed by atoms with E-state index in [9.17, 15) is 0 Å². The van der Waals surface area contributed by atoms with E-state index >= 15 is 0 Å². The van der Waals surface area contributed by atoms with E-state index in [-0.39, 0.29) is 0 Å². The number of hydrogen-bond donors (Lipinski definition) is 1. The monoisotopic (exact) mass is 242 g/mol. The molecule has 3 rings (SSSR count). The molecule has 1 aromatic heterocycles. The third-order valence-corrected chi connectivity index (χ3v) is 3.58. The zero-order chi connectivity index (χ0) is 12.5. The van der Waals surface area contributed by atoms with Crippen molar-refractivity contribution in [2.45, 2.75) is 6.42 Å². The first kappa shape index (κ1) is 11.4. The van der Waals surface area contributed by atoms with Crippen LogP contribution >= 0.6 is 0 Å². The first-order valence-corrected chi connectivity index (χ1v) is 6.31. The zero-order valence-electron chi connectivity index (χ0n) is 10.9. The van der Waals surface area contributed by atoms with Crippen LogP contribution < -0.4 is 4.74 Å². The Hall–Kier alpha value is -1.74. The van der Waals surface area contributed by atoms with E-state index in [0.29, 0.717) is 0 Å². The van der Waals surface area contributed by atoms with Gasteiger partial charge in [0.1, 0.15) is 5.75 Å². The van der Waals surface area contributed by atoms with Gasteiger partial charge < -0.3 is 14.6 Å². The molecule has 1 aromatic carbocycles. The third kappa shape index (κ3) is 1.81. The van der Waals surface area contributed by atoms with Gasteiger partial charge in [0, 0.05) is 30.2 Å². The minimum atomic E-state index is 0.906. The van der Waals surface area contributed by atoms with Gasteiger partial charge in [-0.1, -0.05) is 18.2 Å². The van der Waals surface area contributed by atoms with Gasteiger partial charge in [0.2, 0.25) is 0 Å². The molecule has 3 heteroatoms. The minimum absolute atomic E-state index is 0.906. The Balaban J connectivity index is 2.10. The van der Waals surface area contributed by atoms with Crippen molar-refractivity contribution in [1.82, 2.24) is 9.88 Å². The number of aromatic nitrogens is 1. The lowest BCUT2D eigenvalue weighted by atomic mass is 10.0. The highest BCUT2D eigenvalue weighted by Crippen LogP contribution is 2.32. The number of rotatable bonds is 2. The summed E-state index contributed by atoms with van der Waals surface area (Å²) in [5, 5.41) is 1.25. The Morgan fingerprint density at radius 3 is 3.00 bits per heavy atom. The second-order valence-electron chi connectivity index (χ2n) is 4.84. The minimum Gasteiger partial charge on any atom is -0.495 e. The second kappa shape index (κ2) is 4.50. The normalized spacial score (nSPS) is 16.9. The maximum absolute atomic E-state index is 5.39. The molecule has 0 saturated carbocycles. The quantitative estimate of drug-likeness (QED) is 0.877. The third-order valence-electron chi connectivity index (χ3n) is 3.58. The average Bonchev–Trinajstić information content (AvgIpc) is 2.82. The van der Waals surface area contributed by atoms with Crippen molar-refractivity contribution >= 4 is 16.5 Å². The van der Waals surface area contributed by atoms with Gasteiger partial charge in [-0.25, -0.2) is 0 Å². The topological polar surface area (TPSA) is 28.3 Å². The molecule has 2 heterocycles. The number of fused-ring (bicyclic) bond motifs is 1. The van der Waals surface area contributed by atoms with Gasteiger partial charge in [-0.05, 0) is 25.1 Å². The molecule has 1 aliphatic heterocycles. The molecule has 1 aliphatic rings. The van der Waals surface area contributed by atoms with Crippen LogP contribution in [0.2, 0.25) is 0 Å². The average molecular weight is 242 g/mol. The lowest BCUT2D eigenvalue weighted by molar-refractivity contribution is 0.373. The van der Waals surface area contributed by atoms with Crippen molar-refractivity contribution in [1.29, 1.82) is 0 Å². The fourth-order valence-electron chi connectivity index (χ4n) is 2.65. The van der Waals surface area contributed by atoms with E-state index in [1.165, 1.54) is 16.5 Å². The molecule has 2 aromatic rings. The van der Waals surface area contributed by atoms with Gasteiger partial charge in [0.25, 0.3) is 0 Å². The number of benzene rings is 1. The highest BCUT2D eigenvalue weighted by atomic mass is 16.5. The summed E-state index contributed by atoms with van der Waals surface area (Å²) in [6.45, 7) is 2.17. The first-order chi connectivity index (χ1) is 8.79. The van der Waals surface area contributed by atoms with E-state index in [4.69, 9.17) is 4.74 Å².